The minimum atomic E-state index is -3.90. The van der Waals surface area contributed by atoms with Crippen LogP contribution in [0, 0.1) is 0 Å². The van der Waals surface area contributed by atoms with Gasteiger partial charge in [0.15, 0.2) is 0 Å². The van der Waals surface area contributed by atoms with E-state index in [2.05, 4.69) is 5.32 Å². The van der Waals surface area contributed by atoms with Crippen molar-refractivity contribution in [2.45, 2.75) is 23.8 Å². The lowest BCUT2D eigenvalue weighted by molar-refractivity contribution is 0.0646. The Labute approximate surface area is 117 Å². The molecule has 1 aromatic heterocycles. The summed E-state index contributed by atoms with van der Waals surface area (Å²) in [5.41, 5.74) is -1.09. The highest BCUT2D eigenvalue weighted by atomic mass is 32.2. The Morgan fingerprint density at radius 3 is 2.35 bits per heavy atom. The number of nitrogens with zero attached hydrogens (tertiary/aromatic N) is 1. The quantitative estimate of drug-likeness (QED) is 0.509. The summed E-state index contributed by atoms with van der Waals surface area (Å²) in [6, 6.07) is 1.14. The summed E-state index contributed by atoms with van der Waals surface area (Å²) in [6.07, 6.45) is 1.54. The zero-order valence-corrected chi connectivity index (χ0v) is 12.1. The molecule has 1 rings (SSSR count). The highest BCUT2D eigenvalue weighted by molar-refractivity contribution is 7.89. The van der Waals surface area contributed by atoms with Crippen molar-refractivity contribution >= 4 is 15.9 Å². The first-order chi connectivity index (χ1) is 9.19. The number of carbonyl (C=O) groups excluding carboxylic acids is 1. The smallest absolute Gasteiger partial charge is 0.268 e. The Balaban J connectivity index is 3.08. The molecule has 9 heteroatoms. The molecule has 0 aliphatic heterocycles. The van der Waals surface area contributed by atoms with E-state index in [1.54, 1.807) is 6.92 Å². The number of nitrogens with one attached hydrogen (secondary N) is 1. The molecule has 0 bridgehead atoms. The number of aromatic nitrogens is 1. The van der Waals surface area contributed by atoms with Gasteiger partial charge in [0.1, 0.15) is 10.6 Å². The van der Waals surface area contributed by atoms with E-state index in [-0.39, 0.29) is 10.6 Å². The van der Waals surface area contributed by atoms with Crippen molar-refractivity contribution in [3.8, 4) is 0 Å². The second-order valence-electron chi connectivity index (χ2n) is 4.62. The van der Waals surface area contributed by atoms with Crippen molar-refractivity contribution in [2.75, 3.05) is 13.2 Å². The molecule has 1 aromatic rings. The number of hydrogen-bond donors (Lipinski definition) is 4. The van der Waals surface area contributed by atoms with Gasteiger partial charge in [-0.1, -0.05) is 6.92 Å². The number of nitrogens with two attached hydrogens (primary N) is 1. The van der Waals surface area contributed by atoms with Crippen molar-refractivity contribution in [2.24, 2.45) is 12.2 Å². The van der Waals surface area contributed by atoms with Gasteiger partial charge in [0.2, 0.25) is 10.0 Å². The first-order valence-electron chi connectivity index (χ1n) is 5.92. The highest BCUT2D eigenvalue weighted by Gasteiger charge is 2.30. The molecular weight excluding hydrogens is 286 g/mol. The zero-order chi connectivity index (χ0) is 15.6. The molecular formula is C11H19N3O5S. The third-order valence-electron chi connectivity index (χ3n) is 3.20. The van der Waals surface area contributed by atoms with E-state index in [9.17, 15) is 23.4 Å². The molecule has 0 saturated heterocycles. The normalized spacial score (nSPS) is 12.4. The number of carbonyl (C=O) groups is 1. The van der Waals surface area contributed by atoms with E-state index in [0.29, 0.717) is 6.42 Å². The number of amides is 1. The number of aryl methyl sites for hydroxylation is 1. The number of hydrogen-bond acceptors (Lipinski definition) is 5. The Bertz CT molecular complexity index is 581. The number of primary sulfonamides is 1. The van der Waals surface area contributed by atoms with Crippen molar-refractivity contribution in [3.05, 3.63) is 18.0 Å². The summed E-state index contributed by atoms with van der Waals surface area (Å²) in [4.78, 5) is 11.9. The van der Waals surface area contributed by atoms with E-state index >= 15 is 0 Å². The molecule has 0 spiro atoms. The summed E-state index contributed by atoms with van der Waals surface area (Å²) < 4.78 is 23.8. The molecule has 0 aromatic carbocycles. The van der Waals surface area contributed by atoms with Crippen molar-refractivity contribution in [3.63, 3.8) is 0 Å². The maximum atomic E-state index is 12.1. The second-order valence-corrected chi connectivity index (χ2v) is 6.18. The van der Waals surface area contributed by atoms with Crippen LogP contribution in [-0.2, 0) is 17.1 Å². The molecule has 0 atom stereocenters. The van der Waals surface area contributed by atoms with Crippen LogP contribution in [-0.4, -0.2) is 47.9 Å². The standard InChI is InChI=1S/C11H19N3O5S/c1-3-11(6-15,7-16)13-10(17)9-4-8(5-14(9)2)20(12,18)19/h4-5,15-16H,3,6-7H2,1-2H3,(H,13,17)(H2,12,18,19). The van der Waals surface area contributed by atoms with Crippen LogP contribution in [0.25, 0.3) is 0 Å². The van der Waals surface area contributed by atoms with Gasteiger partial charge in [-0.05, 0) is 12.5 Å². The lowest BCUT2D eigenvalue weighted by Gasteiger charge is -2.29. The summed E-state index contributed by atoms with van der Waals surface area (Å²) in [5.74, 6) is -0.604. The summed E-state index contributed by atoms with van der Waals surface area (Å²) in [5, 5.41) is 26.1. The first kappa shape index (κ1) is 16.6. The van der Waals surface area contributed by atoms with Crippen LogP contribution in [0.5, 0.6) is 0 Å². The van der Waals surface area contributed by atoms with Crippen LogP contribution < -0.4 is 10.5 Å². The molecule has 1 amide bonds. The van der Waals surface area contributed by atoms with Crippen LogP contribution in [0.15, 0.2) is 17.2 Å². The molecule has 0 radical (unpaired) electrons. The Hall–Kier alpha value is -1.42. The molecule has 0 aliphatic carbocycles. The van der Waals surface area contributed by atoms with E-state index in [1.165, 1.54) is 17.8 Å². The Morgan fingerprint density at radius 2 is 2.00 bits per heavy atom. The predicted molar refractivity (Wildman–Crippen MR) is 71.4 cm³/mol. The van der Waals surface area contributed by atoms with Gasteiger partial charge in [0, 0.05) is 13.2 Å². The third kappa shape index (κ3) is 3.37. The highest BCUT2D eigenvalue weighted by Crippen LogP contribution is 2.14. The lowest BCUT2D eigenvalue weighted by Crippen LogP contribution is -2.54. The van der Waals surface area contributed by atoms with Gasteiger partial charge >= 0.3 is 0 Å². The molecule has 20 heavy (non-hydrogen) atoms. The van der Waals surface area contributed by atoms with Gasteiger partial charge < -0.3 is 20.1 Å². The zero-order valence-electron chi connectivity index (χ0n) is 11.3. The van der Waals surface area contributed by atoms with Crippen LogP contribution in [0.3, 0.4) is 0 Å². The SMILES string of the molecule is CCC(CO)(CO)NC(=O)c1cc(S(N)(=O)=O)cn1C. The summed E-state index contributed by atoms with van der Waals surface area (Å²) >= 11 is 0. The maximum absolute atomic E-state index is 12.1. The van der Waals surface area contributed by atoms with E-state index < -0.39 is 34.7 Å². The fourth-order valence-electron chi connectivity index (χ4n) is 1.66. The Kier molecular flexibility index (Phi) is 4.92. The average molecular weight is 305 g/mol. The van der Waals surface area contributed by atoms with Crippen LogP contribution in [0.1, 0.15) is 23.8 Å². The third-order valence-corrected chi connectivity index (χ3v) is 4.08. The molecule has 114 valence electrons. The van der Waals surface area contributed by atoms with E-state index in [4.69, 9.17) is 5.14 Å². The van der Waals surface area contributed by atoms with E-state index in [1.807, 2.05) is 0 Å². The predicted octanol–water partition coefficient (Wildman–Crippen LogP) is -1.46. The summed E-state index contributed by atoms with van der Waals surface area (Å²) in [7, 11) is -2.40. The minimum absolute atomic E-state index is 0.0637. The fraction of sp³-hybridized carbons (Fsp3) is 0.545. The van der Waals surface area contributed by atoms with Crippen LogP contribution >= 0.6 is 0 Å². The number of sulfonamides is 1. The lowest BCUT2D eigenvalue weighted by atomic mass is 9.98. The monoisotopic (exact) mass is 305 g/mol. The molecule has 0 saturated carbocycles. The second kappa shape index (κ2) is 5.92. The molecule has 0 fully saturated rings. The molecule has 1 heterocycles. The fourth-order valence-corrected chi connectivity index (χ4v) is 2.24. The van der Waals surface area contributed by atoms with Gasteiger partial charge in [-0.3, -0.25) is 4.79 Å². The largest absolute Gasteiger partial charge is 0.394 e. The summed E-state index contributed by atoms with van der Waals surface area (Å²) in [6.45, 7) is 0.837. The molecule has 0 aliphatic rings. The van der Waals surface area contributed by atoms with Crippen LogP contribution in [0.4, 0.5) is 0 Å². The topological polar surface area (TPSA) is 135 Å². The van der Waals surface area contributed by atoms with Gasteiger partial charge in [-0.15, -0.1) is 0 Å². The number of aliphatic hydroxyl groups excluding tert-OH is 2. The Morgan fingerprint density at radius 1 is 1.45 bits per heavy atom. The molecule has 5 N–H and O–H groups in total. The van der Waals surface area contributed by atoms with Crippen molar-refractivity contribution in [1.82, 2.24) is 9.88 Å². The number of aliphatic hydroxyl groups is 2. The van der Waals surface area contributed by atoms with Gasteiger partial charge in [0.25, 0.3) is 5.91 Å². The van der Waals surface area contributed by atoms with Crippen molar-refractivity contribution < 1.29 is 23.4 Å². The average Bonchev–Trinajstić information content (AvgIpc) is 2.78. The minimum Gasteiger partial charge on any atom is -0.394 e. The first-order valence-corrected chi connectivity index (χ1v) is 7.47. The number of rotatable bonds is 6. The van der Waals surface area contributed by atoms with Crippen molar-refractivity contribution in [1.29, 1.82) is 0 Å². The molecule has 8 nitrogen and oxygen atoms in total. The van der Waals surface area contributed by atoms with Gasteiger partial charge in [-0.25, -0.2) is 13.6 Å². The maximum Gasteiger partial charge on any atom is 0.268 e. The van der Waals surface area contributed by atoms with Gasteiger partial charge in [0.05, 0.1) is 18.8 Å². The molecule has 0 unspecified atom stereocenters. The van der Waals surface area contributed by atoms with E-state index in [0.717, 1.165) is 6.07 Å². The van der Waals surface area contributed by atoms with Gasteiger partial charge in [-0.2, -0.15) is 0 Å². The van der Waals surface area contributed by atoms with Crippen LogP contribution in [0.2, 0.25) is 0 Å².